The molecule has 2 aromatic rings. The van der Waals surface area contributed by atoms with E-state index in [1.165, 1.54) is 0 Å². The fourth-order valence-corrected chi connectivity index (χ4v) is 3.62. The predicted molar refractivity (Wildman–Crippen MR) is 111 cm³/mol. The zero-order valence-corrected chi connectivity index (χ0v) is 17.4. The molecule has 1 aliphatic carbocycles. The van der Waals surface area contributed by atoms with Gasteiger partial charge < -0.3 is 25.3 Å². The van der Waals surface area contributed by atoms with Gasteiger partial charge in [-0.05, 0) is 57.4 Å². The monoisotopic (exact) mass is 421 g/mol. The number of hydrogen-bond acceptors (Lipinski definition) is 5. The molecule has 158 valence electrons. The molecule has 1 heterocycles. The molecule has 8 heteroatoms. The zero-order valence-electron chi connectivity index (χ0n) is 16.6. The van der Waals surface area contributed by atoms with Gasteiger partial charge >= 0.3 is 0 Å². The van der Waals surface area contributed by atoms with E-state index >= 15 is 0 Å². The molecule has 29 heavy (non-hydrogen) atoms. The van der Waals surface area contributed by atoms with E-state index < -0.39 is 6.23 Å². The van der Waals surface area contributed by atoms with Crippen LogP contribution < -0.4 is 15.4 Å². The maximum atomic E-state index is 12.7. The zero-order chi connectivity index (χ0) is 21.0. The first-order chi connectivity index (χ1) is 13.9. The molecule has 0 spiro atoms. The lowest BCUT2D eigenvalue weighted by molar-refractivity contribution is 0.0862. The number of nitrogens with one attached hydrogen (secondary N) is 3. The van der Waals surface area contributed by atoms with Gasteiger partial charge in [-0.3, -0.25) is 10.1 Å². The first kappa shape index (κ1) is 21.6. The number of benzene rings is 1. The van der Waals surface area contributed by atoms with Crippen molar-refractivity contribution in [2.24, 2.45) is 0 Å². The number of hydrogen-bond donors (Lipinski definition) is 5. The molecule has 7 nitrogen and oxygen atoms in total. The molecule has 3 rings (SSSR count). The largest absolute Gasteiger partial charge is 0.484 e. The molecule has 1 saturated carbocycles. The van der Waals surface area contributed by atoms with Crippen LogP contribution in [0, 0.1) is 0 Å². The topological polar surface area (TPSA) is 107 Å². The van der Waals surface area contributed by atoms with Crippen LogP contribution >= 0.6 is 11.6 Å². The Morgan fingerprint density at radius 2 is 1.90 bits per heavy atom. The third kappa shape index (κ3) is 5.51. The molecule has 5 N–H and O–H groups in total. The van der Waals surface area contributed by atoms with Crippen LogP contribution in [0.25, 0.3) is 0 Å². The molecule has 0 aliphatic heterocycles. The smallest absolute Gasteiger partial charge is 0.268 e. The van der Waals surface area contributed by atoms with Gasteiger partial charge in [0.2, 0.25) is 0 Å². The van der Waals surface area contributed by atoms with Crippen LogP contribution in [0.15, 0.2) is 30.3 Å². The predicted octanol–water partition coefficient (Wildman–Crippen LogP) is 3.05. The number of aliphatic hydroxyl groups is 2. The van der Waals surface area contributed by atoms with E-state index in [0.717, 1.165) is 18.4 Å². The molecule has 0 bridgehead atoms. The van der Waals surface area contributed by atoms with Crippen molar-refractivity contribution in [3.8, 4) is 5.75 Å². The van der Waals surface area contributed by atoms with Crippen molar-refractivity contribution in [1.29, 1.82) is 0 Å². The number of ether oxygens (including phenoxy) is 1. The second kappa shape index (κ2) is 9.63. The second-order valence-corrected chi connectivity index (χ2v) is 7.88. The fourth-order valence-electron chi connectivity index (χ4n) is 3.49. The minimum Gasteiger partial charge on any atom is -0.484 e. The summed E-state index contributed by atoms with van der Waals surface area (Å²) in [5.74, 6) is 0.142. The number of H-pyrrole nitrogens is 1. The number of halogens is 1. The number of carbonyl (C=O) groups is 1. The highest BCUT2D eigenvalue weighted by Crippen LogP contribution is 2.30. The van der Waals surface area contributed by atoms with Crippen molar-refractivity contribution in [1.82, 2.24) is 15.6 Å². The Morgan fingerprint density at radius 1 is 1.24 bits per heavy atom. The lowest BCUT2D eigenvalue weighted by Gasteiger charge is -2.25. The number of carbonyl (C=O) groups excluding carboxylic acids is 1. The van der Waals surface area contributed by atoms with E-state index in [9.17, 15) is 15.0 Å². The summed E-state index contributed by atoms with van der Waals surface area (Å²) in [7, 11) is 1.62. The minimum absolute atomic E-state index is 0.0317. The summed E-state index contributed by atoms with van der Waals surface area (Å²) >= 11 is 5.94. The van der Waals surface area contributed by atoms with Gasteiger partial charge in [0.15, 0.2) is 0 Å². The Kier molecular flexibility index (Phi) is 7.18. The first-order valence-electron chi connectivity index (χ1n) is 9.86. The van der Waals surface area contributed by atoms with E-state index in [4.69, 9.17) is 16.3 Å². The van der Waals surface area contributed by atoms with Gasteiger partial charge in [0.25, 0.3) is 5.91 Å². The highest BCUT2D eigenvalue weighted by molar-refractivity contribution is 6.30. The Morgan fingerprint density at radius 3 is 2.52 bits per heavy atom. The minimum atomic E-state index is -1.01. The molecule has 1 amide bonds. The fraction of sp³-hybridized carbons (Fsp3) is 0.476. The van der Waals surface area contributed by atoms with E-state index in [1.807, 2.05) is 19.1 Å². The lowest BCUT2D eigenvalue weighted by atomic mass is 9.93. The quantitative estimate of drug-likeness (QED) is 0.442. The summed E-state index contributed by atoms with van der Waals surface area (Å²) in [5, 5.41) is 26.3. The van der Waals surface area contributed by atoms with E-state index in [0.29, 0.717) is 35.0 Å². The Labute approximate surface area is 175 Å². The van der Waals surface area contributed by atoms with Crippen molar-refractivity contribution in [2.75, 3.05) is 7.05 Å². The molecule has 0 saturated heterocycles. The van der Waals surface area contributed by atoms with E-state index in [1.54, 1.807) is 25.2 Å². The normalized spacial score (nSPS) is 21.4. The van der Waals surface area contributed by atoms with Crippen molar-refractivity contribution in [3.63, 3.8) is 0 Å². The van der Waals surface area contributed by atoms with Gasteiger partial charge in [0.05, 0.1) is 6.10 Å². The molecule has 2 atom stereocenters. The molecule has 1 aliphatic rings. The molecule has 1 fully saturated rings. The first-order valence-corrected chi connectivity index (χ1v) is 10.2. The van der Waals surface area contributed by atoms with Gasteiger partial charge in [-0.1, -0.05) is 23.7 Å². The second-order valence-electron chi connectivity index (χ2n) is 7.44. The molecule has 1 aromatic heterocycles. The standard InChI is InChI=1S/C21H28ClN3O4/c1-12(13-3-5-14(22)6-4-13)29-18-11-17(25-19(18)21(28)23-2)20(27)24-15-7-9-16(26)10-8-15/h3-6,11-12,15-16,21,23,25-26,28H,7-10H2,1-2H3,(H,24,27)/t12-,15?,16?,21?/m0/s1. The maximum Gasteiger partial charge on any atom is 0.268 e. The third-order valence-electron chi connectivity index (χ3n) is 5.28. The van der Waals surface area contributed by atoms with Gasteiger partial charge in [-0.25, -0.2) is 0 Å². The van der Waals surface area contributed by atoms with Gasteiger partial charge in [0.1, 0.15) is 29.5 Å². The number of amides is 1. The Balaban J connectivity index is 1.75. The summed E-state index contributed by atoms with van der Waals surface area (Å²) < 4.78 is 6.04. The highest BCUT2D eigenvalue weighted by Gasteiger charge is 2.25. The van der Waals surface area contributed by atoms with Crippen LogP contribution in [0.3, 0.4) is 0 Å². The van der Waals surface area contributed by atoms with Crippen LogP contribution in [0.2, 0.25) is 5.02 Å². The molecule has 1 unspecified atom stereocenters. The van der Waals surface area contributed by atoms with Crippen LogP contribution in [-0.2, 0) is 0 Å². The SMILES string of the molecule is CNC(O)c1[nH]c(C(=O)NC2CCC(O)CC2)cc1O[C@@H](C)c1ccc(Cl)cc1. The Hall–Kier alpha value is -2.06. The number of rotatable bonds is 7. The van der Waals surface area contributed by atoms with Gasteiger partial charge in [0, 0.05) is 17.1 Å². The summed E-state index contributed by atoms with van der Waals surface area (Å²) in [4.78, 5) is 15.7. The van der Waals surface area contributed by atoms with Gasteiger partial charge in [-0.2, -0.15) is 0 Å². The number of aromatic amines is 1. The van der Waals surface area contributed by atoms with Crippen molar-refractivity contribution in [3.05, 3.63) is 52.3 Å². The molecular weight excluding hydrogens is 394 g/mol. The van der Waals surface area contributed by atoms with Gasteiger partial charge in [-0.15, -0.1) is 0 Å². The molecular formula is C21H28ClN3O4. The van der Waals surface area contributed by atoms with Crippen molar-refractivity contribution >= 4 is 17.5 Å². The summed E-state index contributed by atoms with van der Waals surface area (Å²) in [6, 6.07) is 8.96. The van der Waals surface area contributed by atoms with Crippen LogP contribution in [0.5, 0.6) is 5.75 Å². The molecule has 0 radical (unpaired) electrons. The lowest BCUT2D eigenvalue weighted by Crippen LogP contribution is -2.38. The van der Waals surface area contributed by atoms with Crippen molar-refractivity contribution in [2.45, 2.75) is 57.1 Å². The van der Waals surface area contributed by atoms with E-state index in [-0.39, 0.29) is 24.2 Å². The van der Waals surface area contributed by atoms with Crippen LogP contribution in [-0.4, -0.2) is 40.3 Å². The Bertz CT molecular complexity index is 816. The third-order valence-corrected chi connectivity index (χ3v) is 5.53. The number of aliphatic hydroxyl groups excluding tert-OH is 2. The maximum absolute atomic E-state index is 12.7. The average Bonchev–Trinajstić information content (AvgIpc) is 3.13. The summed E-state index contributed by atoms with van der Waals surface area (Å²) in [6.07, 6.45) is 1.28. The average molecular weight is 422 g/mol. The summed E-state index contributed by atoms with van der Waals surface area (Å²) in [6.45, 7) is 1.89. The van der Waals surface area contributed by atoms with Crippen LogP contribution in [0.1, 0.15) is 66.7 Å². The van der Waals surface area contributed by atoms with Crippen molar-refractivity contribution < 1.29 is 19.7 Å². The van der Waals surface area contributed by atoms with E-state index in [2.05, 4.69) is 15.6 Å². The number of aromatic nitrogens is 1. The highest BCUT2D eigenvalue weighted by atomic mass is 35.5. The van der Waals surface area contributed by atoms with Crippen LogP contribution in [0.4, 0.5) is 0 Å². The molecule has 1 aromatic carbocycles. The summed E-state index contributed by atoms with van der Waals surface area (Å²) in [5.41, 5.74) is 1.63.